The fourth-order valence-corrected chi connectivity index (χ4v) is 4.29. The Hall–Kier alpha value is -1.73. The maximum Gasteiger partial charge on any atom is 0.296 e. The minimum Gasteiger partial charge on any atom is -0.393 e. The maximum absolute atomic E-state index is 12.3. The molecule has 30 heavy (non-hydrogen) atoms. The lowest BCUT2D eigenvalue weighted by molar-refractivity contribution is -0.0688. The molecule has 2 aromatic rings. The second-order valence-electron chi connectivity index (χ2n) is 7.95. The van der Waals surface area contributed by atoms with Crippen molar-refractivity contribution in [3.8, 4) is 0 Å². The smallest absolute Gasteiger partial charge is 0.296 e. The second-order valence-corrected chi connectivity index (χ2v) is 9.57. The van der Waals surface area contributed by atoms with Gasteiger partial charge >= 0.3 is 0 Å². The minimum absolute atomic E-state index is 0.0758. The molecule has 0 heterocycles. The van der Waals surface area contributed by atoms with E-state index in [0.717, 1.165) is 17.5 Å². The van der Waals surface area contributed by atoms with Gasteiger partial charge in [-0.25, -0.2) is 0 Å². The normalized spacial score (nSPS) is 16.0. The van der Waals surface area contributed by atoms with Gasteiger partial charge in [-0.3, -0.25) is 4.18 Å². The summed E-state index contributed by atoms with van der Waals surface area (Å²) < 4.78 is 35.9. The van der Waals surface area contributed by atoms with Gasteiger partial charge in [-0.2, -0.15) is 8.42 Å². The summed E-state index contributed by atoms with van der Waals surface area (Å²) in [5.41, 5.74) is 2.06. The molecule has 0 saturated carbocycles. The highest BCUT2D eigenvalue weighted by atomic mass is 32.2. The topological polar surface area (TPSA) is 72.8 Å². The Kier molecular flexibility index (Phi) is 9.49. The fraction of sp³-hybridized carbons (Fsp3) is 0.500. The van der Waals surface area contributed by atoms with Crippen molar-refractivity contribution in [2.24, 2.45) is 11.8 Å². The van der Waals surface area contributed by atoms with Crippen LogP contribution in [0.1, 0.15) is 44.7 Å². The highest BCUT2D eigenvalue weighted by Gasteiger charge is 2.29. The molecule has 5 nitrogen and oxygen atoms in total. The van der Waals surface area contributed by atoms with Crippen LogP contribution >= 0.6 is 0 Å². The zero-order chi connectivity index (χ0) is 22.1. The molecule has 0 aliphatic rings. The lowest BCUT2D eigenvalue weighted by Gasteiger charge is -2.32. The summed E-state index contributed by atoms with van der Waals surface area (Å²) >= 11 is 0. The molecule has 166 valence electrons. The Morgan fingerprint density at radius 2 is 1.63 bits per heavy atom. The Bertz CT molecular complexity index is 849. The van der Waals surface area contributed by atoms with Gasteiger partial charge in [0.25, 0.3) is 10.1 Å². The first kappa shape index (κ1) is 24.5. The minimum atomic E-state index is -3.83. The van der Waals surface area contributed by atoms with Crippen LogP contribution in [0.2, 0.25) is 0 Å². The molecule has 6 heteroatoms. The van der Waals surface area contributed by atoms with E-state index in [1.54, 1.807) is 12.1 Å². The molecule has 0 saturated heterocycles. The Balaban J connectivity index is 1.92. The predicted molar refractivity (Wildman–Crippen MR) is 119 cm³/mol. The van der Waals surface area contributed by atoms with Crippen LogP contribution < -0.4 is 0 Å². The number of ether oxygens (including phenoxy) is 1. The third kappa shape index (κ3) is 7.20. The summed E-state index contributed by atoms with van der Waals surface area (Å²) in [5, 5.41) is 10.7. The van der Waals surface area contributed by atoms with E-state index in [-0.39, 0.29) is 35.9 Å². The van der Waals surface area contributed by atoms with Gasteiger partial charge in [0.15, 0.2) is 0 Å². The Labute approximate surface area is 181 Å². The summed E-state index contributed by atoms with van der Waals surface area (Å²) in [7, 11) is -3.83. The quantitative estimate of drug-likeness (QED) is 0.490. The number of hydrogen-bond acceptors (Lipinski definition) is 5. The molecule has 0 unspecified atom stereocenters. The van der Waals surface area contributed by atoms with E-state index in [4.69, 9.17) is 8.92 Å². The first-order valence-corrected chi connectivity index (χ1v) is 11.9. The van der Waals surface area contributed by atoms with Crippen LogP contribution in [0, 0.1) is 18.8 Å². The molecule has 2 rings (SSSR count). The van der Waals surface area contributed by atoms with E-state index < -0.39 is 16.2 Å². The molecular formula is C24H34O5S. The standard InChI is InChI=1S/C24H34O5S/c1-5-19(3)24(28-17-21-9-7-6-8-10-21)20(4)23(25)15-16-29-30(26,27)22-13-11-18(2)12-14-22/h6-14,19-20,23-25H,5,15-17H2,1-4H3/t19-,20+,23-,24-/m0/s1. The number of hydrogen-bond donors (Lipinski definition) is 1. The molecule has 2 aromatic carbocycles. The van der Waals surface area contributed by atoms with Gasteiger partial charge in [0, 0.05) is 5.92 Å². The van der Waals surface area contributed by atoms with Crippen molar-refractivity contribution in [1.82, 2.24) is 0 Å². The highest BCUT2D eigenvalue weighted by molar-refractivity contribution is 7.86. The molecule has 0 spiro atoms. The molecule has 0 bridgehead atoms. The third-order valence-corrected chi connectivity index (χ3v) is 6.90. The van der Waals surface area contributed by atoms with E-state index in [1.807, 2.05) is 44.2 Å². The van der Waals surface area contributed by atoms with Gasteiger partial charge in [0.05, 0.1) is 30.3 Å². The van der Waals surface area contributed by atoms with Gasteiger partial charge in [-0.05, 0) is 37.0 Å². The Morgan fingerprint density at radius 1 is 1.00 bits per heavy atom. The van der Waals surface area contributed by atoms with Crippen LogP contribution in [0.4, 0.5) is 0 Å². The molecule has 0 fully saturated rings. The number of rotatable bonds is 12. The van der Waals surface area contributed by atoms with Crippen LogP contribution in [0.25, 0.3) is 0 Å². The van der Waals surface area contributed by atoms with Gasteiger partial charge in [0.2, 0.25) is 0 Å². The van der Waals surface area contributed by atoms with E-state index in [9.17, 15) is 13.5 Å². The molecule has 0 radical (unpaired) electrons. The third-order valence-electron chi connectivity index (χ3n) is 5.58. The van der Waals surface area contributed by atoms with Gasteiger partial charge in [0.1, 0.15) is 0 Å². The average molecular weight is 435 g/mol. The van der Waals surface area contributed by atoms with E-state index in [2.05, 4.69) is 13.8 Å². The number of benzene rings is 2. The highest BCUT2D eigenvalue weighted by Crippen LogP contribution is 2.25. The second kappa shape index (κ2) is 11.6. The molecule has 4 atom stereocenters. The molecule has 0 aliphatic carbocycles. The van der Waals surface area contributed by atoms with Gasteiger partial charge in [-0.1, -0.05) is 75.2 Å². The molecular weight excluding hydrogens is 400 g/mol. The average Bonchev–Trinajstić information content (AvgIpc) is 2.74. The first-order chi connectivity index (χ1) is 14.2. The van der Waals surface area contributed by atoms with E-state index in [1.165, 1.54) is 12.1 Å². The summed E-state index contributed by atoms with van der Waals surface area (Å²) in [4.78, 5) is 0.124. The number of aliphatic hydroxyl groups is 1. The summed E-state index contributed by atoms with van der Waals surface area (Å²) in [6.45, 7) is 8.44. The largest absolute Gasteiger partial charge is 0.393 e. The maximum atomic E-state index is 12.3. The number of aryl methyl sites for hydroxylation is 1. The Morgan fingerprint density at radius 3 is 2.23 bits per heavy atom. The van der Waals surface area contributed by atoms with Crippen LogP contribution in [-0.2, 0) is 25.6 Å². The van der Waals surface area contributed by atoms with Crippen molar-refractivity contribution in [2.45, 2.75) is 64.2 Å². The zero-order valence-corrected chi connectivity index (χ0v) is 19.1. The summed E-state index contributed by atoms with van der Waals surface area (Å²) in [6, 6.07) is 16.5. The van der Waals surface area contributed by atoms with Crippen LogP contribution in [0.5, 0.6) is 0 Å². The molecule has 0 aromatic heterocycles. The van der Waals surface area contributed by atoms with E-state index in [0.29, 0.717) is 6.61 Å². The molecule has 0 aliphatic heterocycles. The molecule has 1 N–H and O–H groups in total. The lowest BCUT2D eigenvalue weighted by Crippen LogP contribution is -2.36. The van der Waals surface area contributed by atoms with Crippen LogP contribution in [0.3, 0.4) is 0 Å². The zero-order valence-electron chi connectivity index (χ0n) is 18.3. The van der Waals surface area contributed by atoms with Crippen molar-refractivity contribution in [3.05, 3.63) is 65.7 Å². The first-order valence-electron chi connectivity index (χ1n) is 10.5. The van der Waals surface area contributed by atoms with E-state index >= 15 is 0 Å². The number of aliphatic hydroxyl groups excluding tert-OH is 1. The van der Waals surface area contributed by atoms with Gasteiger partial charge in [-0.15, -0.1) is 0 Å². The SMILES string of the molecule is CC[C@H](C)[C@H](OCc1ccccc1)[C@H](C)[C@@H](O)CCOS(=O)(=O)c1ccc(C)cc1. The fourth-order valence-electron chi connectivity index (χ4n) is 3.37. The lowest BCUT2D eigenvalue weighted by atomic mass is 9.86. The van der Waals surface area contributed by atoms with Crippen LogP contribution in [-0.4, -0.2) is 32.3 Å². The van der Waals surface area contributed by atoms with Crippen molar-refractivity contribution in [1.29, 1.82) is 0 Å². The summed E-state index contributed by atoms with van der Waals surface area (Å²) in [6.07, 6.45) is 0.273. The van der Waals surface area contributed by atoms with Gasteiger partial charge < -0.3 is 9.84 Å². The molecule has 0 amide bonds. The van der Waals surface area contributed by atoms with Crippen LogP contribution in [0.15, 0.2) is 59.5 Å². The van der Waals surface area contributed by atoms with Crippen molar-refractivity contribution < 1.29 is 22.4 Å². The summed E-state index contributed by atoms with van der Waals surface area (Å²) in [5.74, 6) is 0.102. The predicted octanol–water partition coefficient (Wildman–Crippen LogP) is 4.72. The van der Waals surface area contributed by atoms with Crippen molar-refractivity contribution in [2.75, 3.05) is 6.61 Å². The van der Waals surface area contributed by atoms with Crippen molar-refractivity contribution in [3.63, 3.8) is 0 Å². The van der Waals surface area contributed by atoms with Crippen molar-refractivity contribution >= 4 is 10.1 Å². The monoisotopic (exact) mass is 434 g/mol.